The number of Topliss-reactive ketones (excluding diaryl/α,β-unsaturated/α-hetero) is 1. The lowest BCUT2D eigenvalue weighted by Gasteiger charge is -2.21. The van der Waals surface area contributed by atoms with Crippen molar-refractivity contribution in [2.45, 2.75) is 49.7 Å². The number of carbonyl (C=O) groups excluding carboxylic acids is 1. The zero-order valence-electron chi connectivity index (χ0n) is 10.8. The Kier molecular flexibility index (Phi) is 3.57. The van der Waals surface area contributed by atoms with E-state index in [0.29, 0.717) is 17.7 Å². The maximum absolute atomic E-state index is 12.5. The number of carbonyl (C=O) groups is 1. The van der Waals surface area contributed by atoms with Gasteiger partial charge in [0.05, 0.1) is 4.90 Å². The van der Waals surface area contributed by atoms with Gasteiger partial charge >= 0.3 is 0 Å². The molecule has 1 aliphatic rings. The minimum absolute atomic E-state index is 0.124. The Hall–Kier alpha value is -1.16. The number of rotatable bonds is 2. The van der Waals surface area contributed by atoms with Crippen LogP contribution < -0.4 is 0 Å². The molecule has 1 atom stereocenters. The van der Waals surface area contributed by atoms with Crippen LogP contribution in [0.4, 0.5) is 0 Å². The predicted octanol–water partition coefficient (Wildman–Crippen LogP) is 2.59. The van der Waals surface area contributed by atoms with Gasteiger partial charge in [0, 0.05) is 6.42 Å². The predicted molar refractivity (Wildman–Crippen MR) is 70.4 cm³/mol. The van der Waals surface area contributed by atoms with E-state index in [2.05, 4.69) is 0 Å². The summed E-state index contributed by atoms with van der Waals surface area (Å²) in [5.41, 5.74) is 1.76. The lowest BCUT2D eigenvalue weighted by Crippen LogP contribution is -2.33. The second kappa shape index (κ2) is 4.84. The highest BCUT2D eigenvalue weighted by atomic mass is 32.2. The molecule has 0 radical (unpaired) electrons. The Morgan fingerprint density at radius 3 is 2.50 bits per heavy atom. The first-order valence-electron chi connectivity index (χ1n) is 6.27. The van der Waals surface area contributed by atoms with Gasteiger partial charge in [0.25, 0.3) is 0 Å². The lowest BCUT2D eigenvalue weighted by atomic mass is 9.99. The summed E-state index contributed by atoms with van der Waals surface area (Å²) in [5.74, 6) is -0.124. The third kappa shape index (κ3) is 2.34. The summed E-state index contributed by atoms with van der Waals surface area (Å²) < 4.78 is 25.0. The van der Waals surface area contributed by atoms with Gasteiger partial charge in [0.15, 0.2) is 15.6 Å². The van der Waals surface area contributed by atoms with Crippen LogP contribution in [-0.2, 0) is 14.6 Å². The molecule has 0 saturated heterocycles. The molecular formula is C14H18O3S. The van der Waals surface area contributed by atoms with Gasteiger partial charge in [-0.1, -0.05) is 24.1 Å². The van der Waals surface area contributed by atoms with E-state index in [-0.39, 0.29) is 5.78 Å². The highest BCUT2D eigenvalue weighted by Crippen LogP contribution is 2.28. The number of aryl methyl sites for hydroxylation is 2. The van der Waals surface area contributed by atoms with Crippen LogP contribution in [0.3, 0.4) is 0 Å². The van der Waals surface area contributed by atoms with Gasteiger partial charge in [-0.05, 0) is 38.3 Å². The van der Waals surface area contributed by atoms with Gasteiger partial charge in [0.2, 0.25) is 0 Å². The first-order chi connectivity index (χ1) is 8.43. The van der Waals surface area contributed by atoms with E-state index in [0.717, 1.165) is 24.0 Å². The van der Waals surface area contributed by atoms with Crippen molar-refractivity contribution in [1.82, 2.24) is 0 Å². The number of hydrogen-bond acceptors (Lipinski definition) is 3. The summed E-state index contributed by atoms with van der Waals surface area (Å²) in [4.78, 5) is 12.1. The zero-order valence-corrected chi connectivity index (χ0v) is 11.6. The molecule has 18 heavy (non-hydrogen) atoms. The summed E-state index contributed by atoms with van der Waals surface area (Å²) >= 11 is 0. The van der Waals surface area contributed by atoms with Crippen LogP contribution in [0.25, 0.3) is 0 Å². The average Bonchev–Trinajstić information content (AvgIpc) is 2.28. The van der Waals surface area contributed by atoms with Crippen molar-refractivity contribution in [1.29, 1.82) is 0 Å². The van der Waals surface area contributed by atoms with Gasteiger partial charge in [-0.2, -0.15) is 0 Å². The molecule has 0 N–H and O–H groups in total. The van der Waals surface area contributed by atoms with Crippen LogP contribution in [0.5, 0.6) is 0 Å². The van der Waals surface area contributed by atoms with E-state index in [4.69, 9.17) is 0 Å². The second-order valence-electron chi connectivity index (χ2n) is 5.01. The van der Waals surface area contributed by atoms with Crippen molar-refractivity contribution < 1.29 is 13.2 Å². The van der Waals surface area contributed by atoms with Crippen LogP contribution >= 0.6 is 0 Å². The molecule has 0 spiro atoms. The molecule has 1 saturated carbocycles. The SMILES string of the molecule is Cc1ccc(S(=O)(=O)C2CCCCC2=O)c(C)c1. The normalized spacial score (nSPS) is 21.0. The Labute approximate surface area is 108 Å². The van der Waals surface area contributed by atoms with Crippen molar-refractivity contribution in [3.8, 4) is 0 Å². The first kappa shape index (κ1) is 13.3. The molecule has 3 nitrogen and oxygen atoms in total. The van der Waals surface area contributed by atoms with Crippen LogP contribution in [-0.4, -0.2) is 19.5 Å². The summed E-state index contributed by atoms with van der Waals surface area (Å²) in [6.07, 6.45) is 2.50. The van der Waals surface area contributed by atoms with Crippen molar-refractivity contribution in [3.05, 3.63) is 29.3 Å². The van der Waals surface area contributed by atoms with Crippen LogP contribution in [0, 0.1) is 13.8 Å². The molecule has 0 heterocycles. The number of sulfone groups is 1. The van der Waals surface area contributed by atoms with Crippen molar-refractivity contribution in [2.75, 3.05) is 0 Å². The van der Waals surface area contributed by atoms with Gasteiger partial charge < -0.3 is 0 Å². The fourth-order valence-electron chi connectivity index (χ4n) is 2.55. The summed E-state index contributed by atoms with van der Waals surface area (Å²) in [6.45, 7) is 3.71. The smallest absolute Gasteiger partial charge is 0.188 e. The largest absolute Gasteiger partial charge is 0.298 e. The monoisotopic (exact) mass is 266 g/mol. The maximum atomic E-state index is 12.5. The highest BCUT2D eigenvalue weighted by Gasteiger charge is 2.35. The minimum atomic E-state index is -3.51. The number of benzene rings is 1. The van der Waals surface area contributed by atoms with E-state index in [9.17, 15) is 13.2 Å². The topological polar surface area (TPSA) is 51.2 Å². The summed E-state index contributed by atoms with van der Waals surface area (Å²) in [6, 6.07) is 5.26. The van der Waals surface area contributed by atoms with Crippen LogP contribution in [0.2, 0.25) is 0 Å². The Bertz CT molecular complexity index is 573. The quantitative estimate of drug-likeness (QED) is 0.826. The summed E-state index contributed by atoms with van der Waals surface area (Å²) in [7, 11) is -3.51. The van der Waals surface area contributed by atoms with Crippen LogP contribution in [0.15, 0.2) is 23.1 Å². The van der Waals surface area contributed by atoms with E-state index in [1.807, 2.05) is 13.0 Å². The maximum Gasteiger partial charge on any atom is 0.188 e. The van der Waals surface area contributed by atoms with Gasteiger partial charge in [0.1, 0.15) is 5.25 Å². The molecule has 1 aliphatic carbocycles. The van der Waals surface area contributed by atoms with E-state index in [1.165, 1.54) is 0 Å². The van der Waals surface area contributed by atoms with Crippen molar-refractivity contribution in [3.63, 3.8) is 0 Å². The average molecular weight is 266 g/mol. The molecule has 1 aromatic carbocycles. The third-order valence-corrected chi connectivity index (χ3v) is 5.83. The molecule has 0 bridgehead atoms. The molecule has 0 aromatic heterocycles. The van der Waals surface area contributed by atoms with E-state index in [1.54, 1.807) is 19.1 Å². The molecule has 1 aromatic rings. The molecule has 4 heteroatoms. The second-order valence-corrected chi connectivity index (χ2v) is 7.11. The Morgan fingerprint density at radius 1 is 1.17 bits per heavy atom. The molecule has 2 rings (SSSR count). The minimum Gasteiger partial charge on any atom is -0.298 e. The summed E-state index contributed by atoms with van der Waals surface area (Å²) in [5, 5.41) is -0.826. The van der Waals surface area contributed by atoms with Gasteiger partial charge in [-0.3, -0.25) is 4.79 Å². The first-order valence-corrected chi connectivity index (χ1v) is 7.81. The fraction of sp³-hybridized carbons (Fsp3) is 0.500. The highest BCUT2D eigenvalue weighted by molar-refractivity contribution is 7.92. The van der Waals surface area contributed by atoms with Crippen molar-refractivity contribution >= 4 is 15.6 Å². The number of ketones is 1. The lowest BCUT2D eigenvalue weighted by molar-refractivity contribution is -0.119. The zero-order chi connectivity index (χ0) is 13.3. The van der Waals surface area contributed by atoms with E-state index < -0.39 is 15.1 Å². The fourth-order valence-corrected chi connectivity index (χ4v) is 4.56. The molecule has 1 fully saturated rings. The molecule has 98 valence electrons. The van der Waals surface area contributed by atoms with Gasteiger partial charge in [-0.25, -0.2) is 8.42 Å². The van der Waals surface area contributed by atoms with Crippen molar-refractivity contribution in [2.24, 2.45) is 0 Å². The molecule has 0 amide bonds. The third-order valence-electron chi connectivity index (χ3n) is 3.51. The van der Waals surface area contributed by atoms with Gasteiger partial charge in [-0.15, -0.1) is 0 Å². The molecule has 1 unspecified atom stereocenters. The standard InChI is InChI=1S/C14H18O3S/c1-10-7-8-13(11(2)9-10)18(16,17)14-6-4-3-5-12(14)15/h7-9,14H,3-6H2,1-2H3. The Morgan fingerprint density at radius 2 is 1.89 bits per heavy atom. The molecular weight excluding hydrogens is 248 g/mol. The molecule has 0 aliphatic heterocycles. The number of hydrogen-bond donors (Lipinski definition) is 0. The van der Waals surface area contributed by atoms with Crippen LogP contribution in [0.1, 0.15) is 36.8 Å². The Balaban J connectivity index is 2.44. The van der Waals surface area contributed by atoms with E-state index >= 15 is 0 Å².